The molecule has 0 radical (unpaired) electrons. The smallest absolute Gasteiger partial charge is 0.317 e. The topological polar surface area (TPSA) is 444 Å². The summed E-state index contributed by atoms with van der Waals surface area (Å²) >= 11 is 0. The number of H-pyrrole nitrogens is 1. The van der Waals surface area contributed by atoms with Crippen LogP contribution in [0.4, 0.5) is 0 Å². The van der Waals surface area contributed by atoms with Crippen molar-refractivity contribution < 1.29 is 88.5 Å². The Morgan fingerprint density at radius 2 is 1.19 bits per heavy atom. The molecule has 0 saturated carbocycles. The van der Waals surface area contributed by atoms with Crippen LogP contribution in [0.3, 0.4) is 0 Å². The summed E-state index contributed by atoms with van der Waals surface area (Å²) in [6.45, 7) is 6.80. The maximum Gasteiger partial charge on any atom is 0.317 e. The molecule has 0 unspecified atom stereocenters. The summed E-state index contributed by atoms with van der Waals surface area (Å²) in [5.74, 6) is -15.6. The SMILES string of the molecule is C=C(O)CN1CCN(CC(=O)O)CCN(CC(=O)O)CCN(CC(=O)N[C@H](Cc2ccccc2)C(=O)C[C@H]2CSSC[C@@H](C(=O)C[C@H](C(=O)O)[C@@H](C)O)NC(=O)[C@H]([C@@H](C)O)CC(=O)[C@H](CCCCN)NC(=O)[C@@H](Cc3c[nH]c4ccccc34)NC(=O)[C@H](Cc3ccc(O)cc3)NC2=O)CC1. The highest BCUT2D eigenvalue weighted by molar-refractivity contribution is 8.76. The van der Waals surface area contributed by atoms with E-state index in [0.717, 1.165) is 21.6 Å². The molecule has 2 aliphatic rings. The molecule has 100 heavy (non-hydrogen) atoms. The molecular weight excluding hydrogens is 1330 g/mol. The quantitative estimate of drug-likeness (QED) is 0.0213. The van der Waals surface area contributed by atoms with E-state index in [1.807, 2.05) is 11.0 Å². The number of Topliss-reactive ketones (excluding diaryl/α,β-unsaturated/α-hetero) is 3. The number of amides is 5. The Balaban J connectivity index is 1.41. The first-order valence-corrected chi connectivity index (χ1v) is 35.8. The minimum absolute atomic E-state index is 0.00132. The van der Waals surface area contributed by atoms with E-state index < -0.39 is 144 Å². The molecule has 5 amide bonds. The molecule has 2 aliphatic heterocycles. The van der Waals surface area contributed by atoms with Gasteiger partial charge in [0.2, 0.25) is 29.5 Å². The zero-order valence-corrected chi connectivity index (χ0v) is 58.0. The highest BCUT2D eigenvalue weighted by Gasteiger charge is 2.38. The fourth-order valence-corrected chi connectivity index (χ4v) is 14.4. The number of carbonyl (C=O) groups excluding carboxylic acids is 8. The molecule has 1 aromatic heterocycles. The number of nitrogens with one attached hydrogen (secondary N) is 6. The summed E-state index contributed by atoms with van der Waals surface area (Å²) in [4.78, 5) is 165. The highest BCUT2D eigenvalue weighted by atomic mass is 33.1. The van der Waals surface area contributed by atoms with E-state index in [4.69, 9.17) is 5.73 Å². The van der Waals surface area contributed by atoms with Crippen molar-refractivity contribution >= 4 is 97.3 Å². The fourth-order valence-electron chi connectivity index (χ4n) is 11.9. The first-order chi connectivity index (χ1) is 47.7. The number of carboxylic acid groups (broad SMARTS) is 3. The van der Waals surface area contributed by atoms with E-state index >= 15 is 19.2 Å². The van der Waals surface area contributed by atoms with Gasteiger partial charge >= 0.3 is 17.9 Å². The fraction of sp³-hybridized carbons (Fsp3) is 0.522. The van der Waals surface area contributed by atoms with Crippen molar-refractivity contribution in [3.8, 4) is 5.75 Å². The van der Waals surface area contributed by atoms with Gasteiger partial charge in [-0.15, -0.1) is 0 Å². The second kappa shape index (κ2) is 40.8. The number of aliphatic hydroxyl groups excluding tert-OH is 3. The lowest BCUT2D eigenvalue weighted by Gasteiger charge is -2.33. The van der Waals surface area contributed by atoms with Gasteiger partial charge in [-0.2, -0.15) is 0 Å². The number of aromatic hydroxyl groups is 1. The van der Waals surface area contributed by atoms with Crippen molar-refractivity contribution in [2.24, 2.45) is 23.5 Å². The molecule has 0 spiro atoms. The number of aromatic amines is 1. The summed E-state index contributed by atoms with van der Waals surface area (Å²) in [5.41, 5.74) is 8.18. The number of aromatic nitrogens is 1. The molecule has 29 nitrogen and oxygen atoms in total. The Morgan fingerprint density at radius 3 is 1.76 bits per heavy atom. The Bertz CT molecular complexity index is 3400. The Hall–Kier alpha value is -8.27. The first kappa shape index (κ1) is 80.7. The summed E-state index contributed by atoms with van der Waals surface area (Å²) in [5, 5.41) is 86.4. The number of phenolic OH excluding ortho intramolecular Hbond substituents is 1. The number of nitrogens with zero attached hydrogens (tertiary/aromatic N) is 4. The summed E-state index contributed by atoms with van der Waals surface area (Å²) < 4.78 is 0. The van der Waals surface area contributed by atoms with Crippen molar-refractivity contribution in [2.75, 3.05) is 96.6 Å². The Kier molecular flexibility index (Phi) is 33.0. The number of phenols is 1. The lowest BCUT2D eigenvalue weighted by molar-refractivity contribution is -0.148. The van der Waals surface area contributed by atoms with Gasteiger partial charge in [-0.25, -0.2) is 0 Å². The number of aliphatic carboxylic acids is 3. The van der Waals surface area contributed by atoms with Gasteiger partial charge in [0.15, 0.2) is 17.3 Å². The number of hydrogen-bond donors (Lipinski definition) is 14. The maximum absolute atomic E-state index is 15.4. The number of aliphatic hydroxyl groups is 3. The predicted molar refractivity (Wildman–Crippen MR) is 375 cm³/mol. The molecule has 15 N–H and O–H groups in total. The van der Waals surface area contributed by atoms with Gasteiger partial charge in [-0.05, 0) is 81.0 Å². The molecule has 10 atom stereocenters. The van der Waals surface area contributed by atoms with Crippen LogP contribution in [0, 0.1) is 17.8 Å². The number of fused-ring (bicyclic) bond motifs is 1. The van der Waals surface area contributed by atoms with E-state index in [1.165, 1.54) is 38.1 Å². The van der Waals surface area contributed by atoms with E-state index in [0.29, 0.717) is 40.4 Å². The number of rotatable bonds is 28. The first-order valence-electron chi connectivity index (χ1n) is 33.4. The van der Waals surface area contributed by atoms with E-state index in [9.17, 15) is 69.3 Å². The number of hydrogen-bond acceptors (Lipinski definition) is 22. The second-order valence-electron chi connectivity index (χ2n) is 25.5. The summed E-state index contributed by atoms with van der Waals surface area (Å²) in [6, 6.07) is 14.4. The molecule has 3 heterocycles. The van der Waals surface area contributed by atoms with Crippen molar-refractivity contribution in [1.82, 2.24) is 51.2 Å². The average Bonchev–Trinajstić information content (AvgIpc) is 1.65. The van der Waals surface area contributed by atoms with Crippen molar-refractivity contribution in [3.05, 3.63) is 114 Å². The minimum Gasteiger partial charge on any atom is -0.512 e. The van der Waals surface area contributed by atoms with Gasteiger partial charge in [0.25, 0.3) is 0 Å². The molecule has 2 fully saturated rings. The number of unbranched alkanes of at least 4 members (excludes halogenated alkanes) is 1. The normalized spacial score (nSPS) is 22.0. The van der Waals surface area contributed by atoms with Crippen LogP contribution < -0.4 is 32.3 Å². The number of para-hydroxylation sites is 1. The number of nitrogens with two attached hydrogens (primary N) is 1. The van der Waals surface area contributed by atoms with Gasteiger partial charge in [0.1, 0.15) is 17.8 Å². The maximum atomic E-state index is 15.4. The average molecular weight is 1430 g/mol. The van der Waals surface area contributed by atoms with Crippen LogP contribution >= 0.6 is 21.6 Å². The van der Waals surface area contributed by atoms with Gasteiger partial charge < -0.3 is 73.0 Å². The van der Waals surface area contributed by atoms with Crippen LogP contribution in [0.5, 0.6) is 5.75 Å². The third-order valence-electron chi connectivity index (χ3n) is 17.6. The van der Waals surface area contributed by atoms with Crippen LogP contribution in [-0.2, 0) is 72.0 Å². The molecular formula is C69H95N11O18S2. The number of benzene rings is 3. The minimum atomic E-state index is -1.63. The van der Waals surface area contributed by atoms with E-state index in [-0.39, 0.29) is 134 Å². The molecule has 4 aromatic rings. The zero-order valence-electron chi connectivity index (χ0n) is 56.3. The molecule has 6 rings (SSSR count). The van der Waals surface area contributed by atoms with Crippen LogP contribution in [0.25, 0.3) is 10.9 Å². The van der Waals surface area contributed by atoms with Crippen LogP contribution in [-0.4, -0.2) is 264 Å². The van der Waals surface area contributed by atoms with Crippen LogP contribution in [0.15, 0.2) is 97.4 Å². The van der Waals surface area contributed by atoms with Gasteiger partial charge in [0, 0.05) is 113 Å². The van der Waals surface area contributed by atoms with Crippen molar-refractivity contribution in [2.45, 2.75) is 114 Å². The number of carbonyl (C=O) groups is 11. The number of carboxylic acids is 3. The van der Waals surface area contributed by atoms with Crippen LogP contribution in [0.1, 0.15) is 69.1 Å². The molecule has 2 saturated heterocycles. The lowest BCUT2D eigenvalue weighted by Crippen LogP contribution is -2.57. The zero-order chi connectivity index (χ0) is 73.0. The second-order valence-corrected chi connectivity index (χ2v) is 28.1. The third kappa shape index (κ3) is 27.0. The Labute approximate surface area is 588 Å². The van der Waals surface area contributed by atoms with Crippen molar-refractivity contribution in [1.29, 1.82) is 0 Å². The third-order valence-corrected chi connectivity index (χ3v) is 20.1. The number of ketones is 3. The van der Waals surface area contributed by atoms with Crippen molar-refractivity contribution in [3.63, 3.8) is 0 Å². The summed E-state index contributed by atoms with van der Waals surface area (Å²) in [6.07, 6.45) is -3.25. The molecule has 3 aromatic carbocycles. The molecule has 31 heteroatoms. The lowest BCUT2D eigenvalue weighted by atomic mass is 9.90. The van der Waals surface area contributed by atoms with E-state index in [2.05, 4.69) is 38.1 Å². The van der Waals surface area contributed by atoms with Crippen LogP contribution in [0.2, 0.25) is 0 Å². The molecule has 0 aliphatic carbocycles. The predicted octanol–water partition coefficient (Wildman–Crippen LogP) is 0.884. The molecule has 0 bridgehead atoms. The van der Waals surface area contributed by atoms with Gasteiger partial charge in [-0.3, -0.25) is 72.3 Å². The molecule has 546 valence electrons. The Morgan fingerprint density at radius 1 is 0.640 bits per heavy atom. The largest absolute Gasteiger partial charge is 0.512 e. The summed E-state index contributed by atoms with van der Waals surface area (Å²) in [7, 11) is 1.89. The van der Waals surface area contributed by atoms with E-state index in [1.54, 1.807) is 69.4 Å². The highest BCUT2D eigenvalue weighted by Crippen LogP contribution is 2.29. The van der Waals surface area contributed by atoms with Gasteiger partial charge in [0.05, 0.1) is 80.0 Å². The standard InChI is InChI=1S/C69H95N11O18S2/c1-42(81)36-77-21-23-78(24-26-80(39-64(91)92)28-27-79(25-22-77)38-63(89)90)37-62(88)72-55(29-45-11-5-4-6-12-45)59(85)32-48-40-99-100-41-58(61(87)34-52(44(3)83)69(97)98)76-66(94)51(43(2)82)33-60(86)54(15-9-10-20-70)73-68(96)57(31-47-35-71-53-14-8-7-13-50(47)53)75-67(95)56(74-65(48)93)30-46-16-18-49(84)19-17-46/h4-8,11-14,16-19,35,43-44,48,51-52,54-58,71,81-84H,1,9-10,15,20-34,36-41,70H2,2-3H3,(H,72,88)(H,73,96)(H,74,93)(H,75,95)(H,76,94)(H,89,90)(H,91,92)(H,97,98)/t43-,44-,48+,51+,52+,54+,55-,56+,57-,58+/m1/s1. The monoisotopic (exact) mass is 1430 g/mol. The van der Waals surface area contributed by atoms with Gasteiger partial charge in [-0.1, -0.05) is 88.8 Å².